The number of aromatic nitrogens is 1. The third-order valence-electron chi connectivity index (χ3n) is 2.61. The summed E-state index contributed by atoms with van der Waals surface area (Å²) in [6.45, 7) is 2.90. The maximum atomic E-state index is 12.2. The van der Waals surface area contributed by atoms with Crippen molar-refractivity contribution in [3.63, 3.8) is 0 Å². The minimum Gasteiger partial charge on any atom is -0.491 e. The number of anilines is 1. The zero-order chi connectivity index (χ0) is 15.2. The molecule has 5 nitrogen and oxygen atoms in total. The van der Waals surface area contributed by atoms with Crippen LogP contribution in [0.4, 0.5) is 5.69 Å². The summed E-state index contributed by atoms with van der Waals surface area (Å²) in [5, 5.41) is 5.68. The van der Waals surface area contributed by atoms with Gasteiger partial charge in [-0.1, -0.05) is 18.5 Å². The molecule has 1 heterocycles. The Bertz CT molecular complexity index is 634. The number of nitrogens with one attached hydrogen (secondary N) is 1. The third-order valence-corrected chi connectivity index (χ3v) is 3.72. The zero-order valence-corrected chi connectivity index (χ0v) is 14.4. The number of ether oxygens (including phenoxy) is 1. The van der Waals surface area contributed by atoms with E-state index in [1.165, 1.54) is 11.3 Å². The molecule has 1 aromatic heterocycles. The van der Waals surface area contributed by atoms with Crippen molar-refractivity contribution in [1.82, 2.24) is 4.98 Å². The fraction of sp³-hybridized carbons (Fsp3) is 0.286. The average molecular weight is 362 g/mol. The molecule has 2 aromatic rings. The second-order valence-electron chi connectivity index (χ2n) is 4.27. The minimum absolute atomic E-state index is 0. The molecule has 0 atom stereocenters. The van der Waals surface area contributed by atoms with E-state index in [0.29, 0.717) is 40.3 Å². The molecule has 2 rings (SSSR count). The van der Waals surface area contributed by atoms with Gasteiger partial charge in [0.2, 0.25) is 0 Å². The molecule has 0 aliphatic carbocycles. The molecule has 3 N–H and O–H groups in total. The molecule has 8 heteroatoms. The summed E-state index contributed by atoms with van der Waals surface area (Å²) >= 11 is 7.33. The highest BCUT2D eigenvalue weighted by atomic mass is 35.5. The molecule has 0 radical (unpaired) electrons. The SMILES string of the molecule is CCCOc1ccc(Cl)cc1NC(=O)c1csc(CN)n1.Cl. The molecule has 120 valence electrons. The van der Waals surface area contributed by atoms with Crippen LogP contribution in [0.5, 0.6) is 5.75 Å². The first-order valence-electron chi connectivity index (χ1n) is 6.52. The van der Waals surface area contributed by atoms with Crippen molar-refractivity contribution < 1.29 is 9.53 Å². The number of nitrogens with two attached hydrogens (primary N) is 1. The fourth-order valence-electron chi connectivity index (χ4n) is 1.63. The van der Waals surface area contributed by atoms with E-state index in [0.717, 1.165) is 6.42 Å². The number of hydrogen-bond donors (Lipinski definition) is 2. The Morgan fingerprint density at radius 2 is 2.27 bits per heavy atom. The highest BCUT2D eigenvalue weighted by molar-refractivity contribution is 7.09. The van der Waals surface area contributed by atoms with Gasteiger partial charge in [0.05, 0.1) is 12.3 Å². The van der Waals surface area contributed by atoms with Crippen molar-refractivity contribution in [2.24, 2.45) is 5.73 Å². The van der Waals surface area contributed by atoms with Gasteiger partial charge in [-0.05, 0) is 24.6 Å². The largest absolute Gasteiger partial charge is 0.491 e. The van der Waals surface area contributed by atoms with Gasteiger partial charge in [-0.3, -0.25) is 4.79 Å². The van der Waals surface area contributed by atoms with Crippen LogP contribution >= 0.6 is 35.3 Å². The maximum absolute atomic E-state index is 12.2. The van der Waals surface area contributed by atoms with Gasteiger partial charge in [-0.2, -0.15) is 0 Å². The van der Waals surface area contributed by atoms with E-state index >= 15 is 0 Å². The smallest absolute Gasteiger partial charge is 0.275 e. The van der Waals surface area contributed by atoms with E-state index in [-0.39, 0.29) is 18.3 Å². The van der Waals surface area contributed by atoms with Gasteiger partial charge in [0, 0.05) is 16.9 Å². The Labute approximate surface area is 144 Å². The van der Waals surface area contributed by atoms with Crippen LogP contribution < -0.4 is 15.8 Å². The normalized spacial score (nSPS) is 9.95. The summed E-state index contributed by atoms with van der Waals surface area (Å²) < 4.78 is 5.59. The van der Waals surface area contributed by atoms with Gasteiger partial charge < -0.3 is 15.8 Å². The van der Waals surface area contributed by atoms with Gasteiger partial charge in [0.15, 0.2) is 0 Å². The van der Waals surface area contributed by atoms with E-state index < -0.39 is 0 Å². The molecular formula is C14H17Cl2N3O2S. The van der Waals surface area contributed by atoms with E-state index in [1.54, 1.807) is 23.6 Å². The van der Waals surface area contributed by atoms with Crippen LogP contribution in [0, 0.1) is 0 Å². The van der Waals surface area contributed by atoms with Crippen LogP contribution in [0.25, 0.3) is 0 Å². The summed E-state index contributed by atoms with van der Waals surface area (Å²) in [5.74, 6) is 0.276. The number of carbonyl (C=O) groups excluding carboxylic acids is 1. The Morgan fingerprint density at radius 1 is 1.50 bits per heavy atom. The standard InChI is InChI=1S/C14H16ClN3O2S.ClH/c1-2-5-20-12-4-3-9(15)6-10(12)18-14(19)11-8-21-13(7-16)17-11;/h3-4,6,8H,2,5,7,16H2,1H3,(H,18,19);1H. The summed E-state index contributed by atoms with van der Waals surface area (Å²) in [4.78, 5) is 16.3. The number of thiazole rings is 1. The highest BCUT2D eigenvalue weighted by Gasteiger charge is 2.13. The number of rotatable bonds is 6. The first-order chi connectivity index (χ1) is 10.1. The molecule has 0 bridgehead atoms. The quantitative estimate of drug-likeness (QED) is 0.821. The lowest BCUT2D eigenvalue weighted by Crippen LogP contribution is -2.14. The van der Waals surface area contributed by atoms with Crippen LogP contribution in [0.15, 0.2) is 23.6 Å². The molecule has 0 spiro atoms. The van der Waals surface area contributed by atoms with Crippen LogP contribution in [0.3, 0.4) is 0 Å². The second kappa shape index (κ2) is 8.95. The predicted octanol–water partition coefficient (Wildman–Crippen LogP) is 3.72. The maximum Gasteiger partial charge on any atom is 0.275 e. The number of benzene rings is 1. The zero-order valence-electron chi connectivity index (χ0n) is 12.0. The number of halogens is 2. The molecule has 1 aromatic carbocycles. The van der Waals surface area contributed by atoms with E-state index in [2.05, 4.69) is 10.3 Å². The van der Waals surface area contributed by atoms with Gasteiger partial charge in [-0.15, -0.1) is 23.7 Å². The Hall–Kier alpha value is -1.34. The first-order valence-corrected chi connectivity index (χ1v) is 7.78. The predicted molar refractivity (Wildman–Crippen MR) is 92.4 cm³/mol. The topological polar surface area (TPSA) is 77.2 Å². The lowest BCUT2D eigenvalue weighted by molar-refractivity contribution is 0.102. The highest BCUT2D eigenvalue weighted by Crippen LogP contribution is 2.28. The van der Waals surface area contributed by atoms with Crippen molar-refractivity contribution >= 4 is 46.9 Å². The second-order valence-corrected chi connectivity index (χ2v) is 5.65. The molecule has 0 saturated carbocycles. The number of amides is 1. The molecule has 0 fully saturated rings. The monoisotopic (exact) mass is 361 g/mol. The van der Waals surface area contributed by atoms with Crippen LogP contribution in [0.2, 0.25) is 5.02 Å². The van der Waals surface area contributed by atoms with Crippen molar-refractivity contribution in [3.8, 4) is 5.75 Å². The van der Waals surface area contributed by atoms with Crippen molar-refractivity contribution in [1.29, 1.82) is 0 Å². The fourth-order valence-corrected chi connectivity index (χ4v) is 2.46. The van der Waals surface area contributed by atoms with E-state index in [1.807, 2.05) is 6.92 Å². The van der Waals surface area contributed by atoms with Gasteiger partial charge in [-0.25, -0.2) is 4.98 Å². The van der Waals surface area contributed by atoms with E-state index in [4.69, 9.17) is 22.1 Å². The Morgan fingerprint density at radius 3 is 2.91 bits per heavy atom. The van der Waals surface area contributed by atoms with Gasteiger partial charge in [0.1, 0.15) is 16.5 Å². The molecule has 0 saturated heterocycles. The number of hydrogen-bond acceptors (Lipinski definition) is 5. The summed E-state index contributed by atoms with van der Waals surface area (Å²) in [7, 11) is 0. The summed E-state index contributed by atoms with van der Waals surface area (Å²) in [6, 6.07) is 5.11. The van der Waals surface area contributed by atoms with Crippen molar-refractivity contribution in [2.45, 2.75) is 19.9 Å². The van der Waals surface area contributed by atoms with Crippen LogP contribution in [0.1, 0.15) is 28.8 Å². The number of nitrogens with zero attached hydrogens (tertiary/aromatic N) is 1. The van der Waals surface area contributed by atoms with Gasteiger partial charge in [0.25, 0.3) is 5.91 Å². The summed E-state index contributed by atoms with van der Waals surface area (Å²) in [6.07, 6.45) is 0.877. The molecule has 0 aliphatic heterocycles. The minimum atomic E-state index is -0.311. The lowest BCUT2D eigenvalue weighted by Gasteiger charge is -2.11. The number of carbonyl (C=O) groups is 1. The first kappa shape index (κ1) is 18.7. The molecule has 0 unspecified atom stereocenters. The average Bonchev–Trinajstić information content (AvgIpc) is 2.95. The lowest BCUT2D eigenvalue weighted by atomic mass is 10.2. The van der Waals surface area contributed by atoms with E-state index in [9.17, 15) is 4.79 Å². The Kier molecular flexibility index (Phi) is 7.61. The van der Waals surface area contributed by atoms with Crippen LogP contribution in [-0.2, 0) is 6.54 Å². The third kappa shape index (κ3) is 4.84. The summed E-state index contributed by atoms with van der Waals surface area (Å²) in [5.41, 5.74) is 6.36. The van der Waals surface area contributed by atoms with Crippen molar-refractivity contribution in [2.75, 3.05) is 11.9 Å². The molecule has 22 heavy (non-hydrogen) atoms. The Balaban J connectivity index is 0.00000242. The molecule has 1 amide bonds. The van der Waals surface area contributed by atoms with Crippen molar-refractivity contribution in [3.05, 3.63) is 39.3 Å². The molecule has 0 aliphatic rings. The molecular weight excluding hydrogens is 345 g/mol. The van der Waals surface area contributed by atoms with Crippen LogP contribution in [-0.4, -0.2) is 17.5 Å². The van der Waals surface area contributed by atoms with Gasteiger partial charge >= 0.3 is 0 Å².